The summed E-state index contributed by atoms with van der Waals surface area (Å²) in [5.41, 5.74) is -0.337. The smallest absolute Gasteiger partial charge is 0.309 e. The van der Waals surface area contributed by atoms with Crippen LogP contribution < -0.4 is 0 Å². The van der Waals surface area contributed by atoms with Crippen LogP contribution >= 0.6 is 0 Å². The molecule has 0 N–H and O–H groups in total. The largest absolute Gasteiger partial charge is 0.460 e. The molecule has 17 heavy (non-hydrogen) atoms. The van der Waals surface area contributed by atoms with Crippen molar-refractivity contribution in [3.63, 3.8) is 0 Å². The van der Waals surface area contributed by atoms with Crippen molar-refractivity contribution in [2.45, 2.75) is 78.2 Å². The van der Waals surface area contributed by atoms with Gasteiger partial charge in [0.25, 0.3) is 0 Å². The second kappa shape index (κ2) is 6.42. The number of unbranched alkanes of at least 4 members (excludes halogenated alkanes) is 1. The first kappa shape index (κ1) is 14.5. The molecular formula is C15H28O2. The normalized spacial score (nSPS) is 25.6. The molecule has 0 spiro atoms. The first-order valence-electron chi connectivity index (χ1n) is 7.15. The monoisotopic (exact) mass is 240 g/mol. The Morgan fingerprint density at radius 1 is 1.18 bits per heavy atom. The Labute approximate surface area is 106 Å². The Hall–Kier alpha value is -0.530. The minimum absolute atomic E-state index is 0.0199. The van der Waals surface area contributed by atoms with Gasteiger partial charge in [-0.05, 0) is 52.4 Å². The lowest BCUT2D eigenvalue weighted by Gasteiger charge is -2.29. The van der Waals surface area contributed by atoms with Gasteiger partial charge in [0.1, 0.15) is 5.60 Å². The van der Waals surface area contributed by atoms with Crippen LogP contribution in [0.25, 0.3) is 0 Å². The molecule has 1 aliphatic rings. The molecule has 0 heterocycles. The first-order chi connectivity index (χ1) is 7.92. The van der Waals surface area contributed by atoms with E-state index in [0.717, 1.165) is 18.8 Å². The van der Waals surface area contributed by atoms with Crippen molar-refractivity contribution in [3.8, 4) is 0 Å². The Morgan fingerprint density at radius 3 is 2.24 bits per heavy atom. The number of hydrogen-bond acceptors (Lipinski definition) is 2. The lowest BCUT2D eigenvalue weighted by molar-refractivity contribution is -0.161. The molecule has 1 aliphatic carbocycles. The second-order valence-corrected chi connectivity index (χ2v) is 6.39. The molecule has 0 unspecified atom stereocenters. The molecule has 0 bridgehead atoms. The predicted molar refractivity (Wildman–Crippen MR) is 70.8 cm³/mol. The minimum Gasteiger partial charge on any atom is -0.460 e. The fourth-order valence-corrected chi connectivity index (χ4v) is 2.56. The molecule has 0 atom stereocenters. The summed E-state index contributed by atoms with van der Waals surface area (Å²) in [5.74, 6) is 1.03. The van der Waals surface area contributed by atoms with Gasteiger partial charge in [0.05, 0.1) is 5.92 Å². The molecule has 1 rings (SSSR count). The lowest BCUT2D eigenvalue weighted by atomic mass is 9.80. The minimum atomic E-state index is -0.337. The molecule has 0 saturated heterocycles. The summed E-state index contributed by atoms with van der Waals surface area (Å²) in [6, 6.07) is 0. The maximum Gasteiger partial charge on any atom is 0.309 e. The molecular weight excluding hydrogens is 212 g/mol. The number of carbonyl (C=O) groups is 1. The third-order valence-electron chi connectivity index (χ3n) is 3.55. The molecule has 0 aromatic rings. The molecule has 0 aromatic heterocycles. The second-order valence-electron chi connectivity index (χ2n) is 6.39. The Bertz CT molecular complexity index is 232. The van der Waals surface area contributed by atoms with Crippen molar-refractivity contribution in [2.75, 3.05) is 0 Å². The Kier molecular flexibility index (Phi) is 5.48. The summed E-state index contributed by atoms with van der Waals surface area (Å²) in [7, 11) is 0. The summed E-state index contributed by atoms with van der Waals surface area (Å²) in [5, 5.41) is 0. The third kappa shape index (κ3) is 5.56. The highest BCUT2D eigenvalue weighted by Crippen LogP contribution is 2.33. The molecule has 0 amide bonds. The van der Waals surface area contributed by atoms with Crippen LogP contribution in [0.4, 0.5) is 0 Å². The van der Waals surface area contributed by atoms with Gasteiger partial charge >= 0.3 is 5.97 Å². The molecule has 100 valence electrons. The van der Waals surface area contributed by atoms with Gasteiger partial charge < -0.3 is 4.74 Å². The van der Waals surface area contributed by atoms with Crippen LogP contribution in [0.2, 0.25) is 0 Å². The van der Waals surface area contributed by atoms with Crippen LogP contribution in [0, 0.1) is 11.8 Å². The summed E-state index contributed by atoms with van der Waals surface area (Å²) >= 11 is 0. The van der Waals surface area contributed by atoms with E-state index in [1.54, 1.807) is 0 Å². The third-order valence-corrected chi connectivity index (χ3v) is 3.55. The fraction of sp³-hybridized carbons (Fsp3) is 0.933. The van der Waals surface area contributed by atoms with Gasteiger partial charge in [0, 0.05) is 0 Å². The van der Waals surface area contributed by atoms with Gasteiger partial charge in [-0.2, -0.15) is 0 Å². The highest BCUT2D eigenvalue weighted by atomic mass is 16.6. The van der Waals surface area contributed by atoms with Crippen molar-refractivity contribution >= 4 is 5.97 Å². The van der Waals surface area contributed by atoms with Crippen molar-refractivity contribution in [2.24, 2.45) is 11.8 Å². The highest BCUT2D eigenvalue weighted by molar-refractivity contribution is 5.72. The van der Waals surface area contributed by atoms with E-state index in [4.69, 9.17) is 4.74 Å². The molecule has 1 saturated carbocycles. The lowest BCUT2D eigenvalue weighted by Crippen LogP contribution is -2.30. The maximum atomic E-state index is 11.9. The quantitative estimate of drug-likeness (QED) is 0.684. The van der Waals surface area contributed by atoms with E-state index in [9.17, 15) is 4.79 Å². The van der Waals surface area contributed by atoms with Crippen LogP contribution in [0.5, 0.6) is 0 Å². The van der Waals surface area contributed by atoms with Gasteiger partial charge in [-0.3, -0.25) is 4.79 Å². The SMILES string of the molecule is CCCCC1CCC(C(=O)OC(C)(C)C)CC1. The average Bonchev–Trinajstić information content (AvgIpc) is 2.24. The van der Waals surface area contributed by atoms with E-state index >= 15 is 0 Å². The number of ether oxygens (including phenoxy) is 1. The number of esters is 1. The van der Waals surface area contributed by atoms with E-state index in [1.807, 2.05) is 20.8 Å². The van der Waals surface area contributed by atoms with E-state index in [1.165, 1.54) is 32.1 Å². The van der Waals surface area contributed by atoms with Crippen molar-refractivity contribution < 1.29 is 9.53 Å². The van der Waals surface area contributed by atoms with Gasteiger partial charge in [-0.15, -0.1) is 0 Å². The highest BCUT2D eigenvalue weighted by Gasteiger charge is 2.29. The van der Waals surface area contributed by atoms with Gasteiger partial charge in [-0.25, -0.2) is 0 Å². The summed E-state index contributed by atoms with van der Waals surface area (Å²) in [6.07, 6.45) is 8.45. The molecule has 2 nitrogen and oxygen atoms in total. The van der Waals surface area contributed by atoms with Crippen molar-refractivity contribution in [3.05, 3.63) is 0 Å². The van der Waals surface area contributed by atoms with E-state index in [0.29, 0.717) is 0 Å². The van der Waals surface area contributed by atoms with Gasteiger partial charge in [0.15, 0.2) is 0 Å². The predicted octanol–water partition coefficient (Wildman–Crippen LogP) is 4.32. The molecule has 0 aliphatic heterocycles. The molecule has 0 radical (unpaired) electrons. The number of rotatable bonds is 4. The van der Waals surface area contributed by atoms with Gasteiger partial charge in [0.2, 0.25) is 0 Å². The number of carbonyl (C=O) groups excluding carboxylic acids is 1. The van der Waals surface area contributed by atoms with Crippen LogP contribution in [0.3, 0.4) is 0 Å². The van der Waals surface area contributed by atoms with Crippen LogP contribution in [0.1, 0.15) is 72.6 Å². The zero-order valence-electron chi connectivity index (χ0n) is 11.9. The number of hydrogen-bond donors (Lipinski definition) is 0. The average molecular weight is 240 g/mol. The van der Waals surface area contributed by atoms with E-state index in [2.05, 4.69) is 6.92 Å². The Balaban J connectivity index is 2.29. The molecule has 2 heteroatoms. The van der Waals surface area contributed by atoms with Crippen LogP contribution in [0.15, 0.2) is 0 Å². The Morgan fingerprint density at radius 2 is 1.76 bits per heavy atom. The standard InChI is InChI=1S/C15H28O2/c1-5-6-7-12-8-10-13(11-9-12)14(16)17-15(2,3)4/h12-13H,5-11H2,1-4H3. The summed E-state index contributed by atoms with van der Waals surface area (Å²) < 4.78 is 5.45. The molecule has 1 fully saturated rings. The van der Waals surface area contributed by atoms with E-state index < -0.39 is 0 Å². The van der Waals surface area contributed by atoms with Gasteiger partial charge in [-0.1, -0.05) is 26.2 Å². The van der Waals surface area contributed by atoms with E-state index in [-0.39, 0.29) is 17.5 Å². The fourth-order valence-electron chi connectivity index (χ4n) is 2.56. The molecule has 0 aromatic carbocycles. The van der Waals surface area contributed by atoms with Crippen molar-refractivity contribution in [1.29, 1.82) is 0 Å². The van der Waals surface area contributed by atoms with Crippen molar-refractivity contribution in [1.82, 2.24) is 0 Å². The summed E-state index contributed by atoms with van der Waals surface area (Å²) in [4.78, 5) is 11.9. The zero-order chi connectivity index (χ0) is 12.9. The summed E-state index contributed by atoms with van der Waals surface area (Å²) in [6.45, 7) is 8.07. The topological polar surface area (TPSA) is 26.3 Å². The first-order valence-corrected chi connectivity index (χ1v) is 7.15. The zero-order valence-corrected chi connectivity index (χ0v) is 11.9. The van der Waals surface area contributed by atoms with Crippen LogP contribution in [-0.4, -0.2) is 11.6 Å². The maximum absolute atomic E-state index is 11.9. The van der Waals surface area contributed by atoms with Crippen LogP contribution in [-0.2, 0) is 9.53 Å².